The third-order valence-corrected chi connectivity index (χ3v) is 4.66. The van der Waals surface area contributed by atoms with Crippen LogP contribution in [0.3, 0.4) is 0 Å². The molecular formula is C18H20ClNO2S. The van der Waals surface area contributed by atoms with Gasteiger partial charge in [0.15, 0.2) is 6.10 Å². The third kappa shape index (κ3) is 4.66. The van der Waals surface area contributed by atoms with Crippen LogP contribution in [-0.2, 0) is 4.79 Å². The Kier molecular flexibility index (Phi) is 6.37. The van der Waals surface area contributed by atoms with E-state index in [9.17, 15) is 4.79 Å². The van der Waals surface area contributed by atoms with Gasteiger partial charge in [0.2, 0.25) is 0 Å². The molecule has 1 amide bonds. The Labute approximate surface area is 146 Å². The van der Waals surface area contributed by atoms with Crippen molar-refractivity contribution in [3.63, 3.8) is 0 Å². The van der Waals surface area contributed by atoms with Gasteiger partial charge in [-0.1, -0.05) is 30.7 Å². The fraction of sp³-hybridized carbons (Fsp3) is 0.278. The van der Waals surface area contributed by atoms with Crippen LogP contribution in [0.5, 0.6) is 5.75 Å². The molecule has 2 aromatic rings. The Bertz CT molecular complexity index is 690. The molecule has 0 aliphatic carbocycles. The van der Waals surface area contributed by atoms with Gasteiger partial charge in [-0.3, -0.25) is 4.79 Å². The minimum atomic E-state index is -0.550. The van der Waals surface area contributed by atoms with Gasteiger partial charge >= 0.3 is 0 Å². The van der Waals surface area contributed by atoms with Crippen molar-refractivity contribution in [3.05, 3.63) is 53.1 Å². The van der Waals surface area contributed by atoms with E-state index in [1.807, 2.05) is 50.4 Å². The first-order chi connectivity index (χ1) is 11.0. The standard InChI is InChI=1S/C18H20ClNO2S/c1-4-16(22-13-9-10-14(19)12(2)11-13)18(21)20-15-7-5-6-8-17(15)23-3/h5-11,16H,4H2,1-3H3,(H,20,21)/t16-/m1/s1. The van der Waals surface area contributed by atoms with E-state index in [1.165, 1.54) is 0 Å². The number of carbonyl (C=O) groups excluding carboxylic acids is 1. The van der Waals surface area contributed by atoms with Crippen molar-refractivity contribution in [2.24, 2.45) is 0 Å². The molecule has 0 aromatic heterocycles. The number of carbonyl (C=O) groups is 1. The van der Waals surface area contributed by atoms with Crippen molar-refractivity contribution >= 4 is 35.0 Å². The van der Waals surface area contributed by atoms with Crippen LogP contribution in [0.1, 0.15) is 18.9 Å². The lowest BCUT2D eigenvalue weighted by molar-refractivity contribution is -0.122. The first kappa shape index (κ1) is 17.7. The Morgan fingerprint density at radius 3 is 2.70 bits per heavy atom. The van der Waals surface area contributed by atoms with Crippen molar-refractivity contribution in [2.75, 3.05) is 11.6 Å². The summed E-state index contributed by atoms with van der Waals surface area (Å²) in [6, 6.07) is 13.1. The van der Waals surface area contributed by atoms with Crippen LogP contribution >= 0.6 is 23.4 Å². The summed E-state index contributed by atoms with van der Waals surface area (Å²) in [6.07, 6.45) is 2.01. The summed E-state index contributed by atoms with van der Waals surface area (Å²) in [6.45, 7) is 3.83. The Morgan fingerprint density at radius 2 is 2.04 bits per heavy atom. The fourth-order valence-corrected chi connectivity index (χ4v) is 2.81. The molecule has 3 nitrogen and oxygen atoms in total. The second-order valence-electron chi connectivity index (χ2n) is 5.12. The quantitative estimate of drug-likeness (QED) is 0.731. The number of ether oxygens (including phenoxy) is 1. The highest BCUT2D eigenvalue weighted by molar-refractivity contribution is 7.98. The molecule has 0 unspecified atom stereocenters. The number of anilines is 1. The number of benzene rings is 2. The first-order valence-electron chi connectivity index (χ1n) is 7.41. The van der Waals surface area contributed by atoms with Crippen LogP contribution in [0, 0.1) is 6.92 Å². The number of thioether (sulfide) groups is 1. The highest BCUT2D eigenvalue weighted by Gasteiger charge is 2.19. The summed E-state index contributed by atoms with van der Waals surface area (Å²) >= 11 is 7.61. The van der Waals surface area contributed by atoms with E-state index < -0.39 is 6.10 Å². The highest BCUT2D eigenvalue weighted by atomic mass is 35.5. The van der Waals surface area contributed by atoms with Crippen molar-refractivity contribution in [1.82, 2.24) is 0 Å². The molecule has 23 heavy (non-hydrogen) atoms. The van der Waals surface area contributed by atoms with Gasteiger partial charge in [-0.25, -0.2) is 0 Å². The monoisotopic (exact) mass is 349 g/mol. The largest absolute Gasteiger partial charge is 0.481 e. The molecule has 0 saturated heterocycles. The Balaban J connectivity index is 2.10. The summed E-state index contributed by atoms with van der Waals surface area (Å²) in [4.78, 5) is 13.5. The number of halogens is 1. The van der Waals surface area contributed by atoms with Crippen LogP contribution in [0.15, 0.2) is 47.4 Å². The van der Waals surface area contributed by atoms with Gasteiger partial charge in [-0.05, 0) is 55.5 Å². The SMILES string of the molecule is CC[C@@H](Oc1ccc(Cl)c(C)c1)C(=O)Nc1ccccc1SC. The third-order valence-electron chi connectivity index (χ3n) is 3.44. The Hall–Kier alpha value is -1.65. The lowest BCUT2D eigenvalue weighted by atomic mass is 10.2. The fourth-order valence-electron chi connectivity index (χ4n) is 2.14. The molecule has 0 spiro atoms. The van der Waals surface area contributed by atoms with E-state index >= 15 is 0 Å². The van der Waals surface area contributed by atoms with Crippen LogP contribution in [-0.4, -0.2) is 18.3 Å². The summed E-state index contributed by atoms with van der Waals surface area (Å²) < 4.78 is 5.83. The van der Waals surface area contributed by atoms with Crippen LogP contribution in [0.4, 0.5) is 5.69 Å². The van der Waals surface area contributed by atoms with Crippen LogP contribution in [0.2, 0.25) is 5.02 Å². The highest BCUT2D eigenvalue weighted by Crippen LogP contribution is 2.26. The lowest BCUT2D eigenvalue weighted by Gasteiger charge is -2.18. The second-order valence-corrected chi connectivity index (χ2v) is 6.37. The first-order valence-corrected chi connectivity index (χ1v) is 9.02. The topological polar surface area (TPSA) is 38.3 Å². The maximum absolute atomic E-state index is 12.5. The molecule has 5 heteroatoms. The molecule has 0 aliphatic heterocycles. The molecule has 0 bridgehead atoms. The van der Waals surface area contributed by atoms with E-state index in [1.54, 1.807) is 23.9 Å². The van der Waals surface area contributed by atoms with E-state index in [0.717, 1.165) is 16.1 Å². The van der Waals surface area contributed by atoms with Gasteiger partial charge in [-0.2, -0.15) is 0 Å². The van der Waals surface area contributed by atoms with Crippen molar-refractivity contribution < 1.29 is 9.53 Å². The van der Waals surface area contributed by atoms with Gasteiger partial charge in [0.25, 0.3) is 5.91 Å². The van der Waals surface area contributed by atoms with Crippen LogP contribution in [0.25, 0.3) is 0 Å². The van der Waals surface area contributed by atoms with E-state index in [0.29, 0.717) is 17.2 Å². The average molecular weight is 350 g/mol. The summed E-state index contributed by atoms with van der Waals surface area (Å²) in [5, 5.41) is 3.63. The molecular weight excluding hydrogens is 330 g/mol. The van der Waals surface area contributed by atoms with Crippen LogP contribution < -0.4 is 10.1 Å². The average Bonchev–Trinajstić information content (AvgIpc) is 2.56. The van der Waals surface area contributed by atoms with Gasteiger partial charge < -0.3 is 10.1 Å². The zero-order chi connectivity index (χ0) is 16.8. The molecule has 0 aliphatic rings. The molecule has 0 fully saturated rings. The molecule has 2 aromatic carbocycles. The number of amides is 1. The van der Waals surface area contributed by atoms with Gasteiger partial charge in [0, 0.05) is 9.92 Å². The molecule has 1 atom stereocenters. The second kappa shape index (κ2) is 8.27. The molecule has 0 saturated carbocycles. The molecule has 122 valence electrons. The molecule has 0 radical (unpaired) electrons. The smallest absolute Gasteiger partial charge is 0.265 e. The van der Waals surface area contributed by atoms with Gasteiger partial charge in [0.05, 0.1) is 5.69 Å². The zero-order valence-corrected chi connectivity index (χ0v) is 15.0. The van der Waals surface area contributed by atoms with Gasteiger partial charge in [-0.15, -0.1) is 11.8 Å². The maximum Gasteiger partial charge on any atom is 0.265 e. The summed E-state index contributed by atoms with van der Waals surface area (Å²) in [5.41, 5.74) is 1.73. The summed E-state index contributed by atoms with van der Waals surface area (Å²) in [7, 11) is 0. The number of hydrogen-bond donors (Lipinski definition) is 1. The van der Waals surface area contributed by atoms with Crippen molar-refractivity contribution in [1.29, 1.82) is 0 Å². The minimum absolute atomic E-state index is 0.151. The predicted octanol–water partition coefficient (Wildman–Crippen LogP) is 5.17. The summed E-state index contributed by atoms with van der Waals surface area (Å²) in [5.74, 6) is 0.494. The number of nitrogens with one attached hydrogen (secondary N) is 1. The number of para-hydroxylation sites is 1. The normalized spacial score (nSPS) is 11.8. The number of aryl methyl sites for hydroxylation is 1. The predicted molar refractivity (Wildman–Crippen MR) is 97.7 cm³/mol. The zero-order valence-electron chi connectivity index (χ0n) is 13.4. The van der Waals surface area contributed by atoms with E-state index in [4.69, 9.17) is 16.3 Å². The lowest BCUT2D eigenvalue weighted by Crippen LogP contribution is -2.32. The molecule has 2 rings (SSSR count). The minimum Gasteiger partial charge on any atom is -0.481 e. The number of hydrogen-bond acceptors (Lipinski definition) is 3. The number of rotatable bonds is 6. The van der Waals surface area contributed by atoms with Gasteiger partial charge in [0.1, 0.15) is 5.75 Å². The van der Waals surface area contributed by atoms with E-state index in [2.05, 4.69) is 5.32 Å². The maximum atomic E-state index is 12.5. The van der Waals surface area contributed by atoms with E-state index in [-0.39, 0.29) is 5.91 Å². The van der Waals surface area contributed by atoms with Crippen molar-refractivity contribution in [2.45, 2.75) is 31.3 Å². The Morgan fingerprint density at radius 1 is 1.30 bits per heavy atom. The molecule has 0 heterocycles. The molecule has 1 N–H and O–H groups in total. The van der Waals surface area contributed by atoms with Crippen molar-refractivity contribution in [3.8, 4) is 5.75 Å².